The highest BCUT2D eigenvalue weighted by Crippen LogP contribution is 2.09. The number of aromatic nitrogens is 5. The Bertz CT molecular complexity index is 1210. The Kier molecular flexibility index (Phi) is 4.21. The SMILES string of the molecule is O=c1c(=O)n(-c2ccccc2)ccn1Cc1cn(-c2cccc(F)c2)nn1. The van der Waals surface area contributed by atoms with Crippen LogP contribution < -0.4 is 11.1 Å². The van der Waals surface area contributed by atoms with Crippen molar-refractivity contribution in [1.82, 2.24) is 24.1 Å². The van der Waals surface area contributed by atoms with E-state index in [0.717, 1.165) is 0 Å². The van der Waals surface area contributed by atoms with E-state index in [0.29, 0.717) is 17.1 Å². The van der Waals surface area contributed by atoms with Gasteiger partial charge in [0.2, 0.25) is 0 Å². The fraction of sp³-hybridized carbons (Fsp3) is 0.0526. The molecule has 0 saturated carbocycles. The highest BCUT2D eigenvalue weighted by Gasteiger charge is 2.09. The fourth-order valence-corrected chi connectivity index (χ4v) is 2.72. The number of nitrogens with zero attached hydrogens (tertiary/aromatic N) is 5. The van der Waals surface area contributed by atoms with E-state index in [4.69, 9.17) is 0 Å². The Morgan fingerprint density at radius 1 is 0.889 bits per heavy atom. The first-order valence-electron chi connectivity index (χ1n) is 8.16. The van der Waals surface area contributed by atoms with Crippen LogP contribution >= 0.6 is 0 Å². The molecule has 0 amide bonds. The summed E-state index contributed by atoms with van der Waals surface area (Å²) >= 11 is 0. The number of benzene rings is 2. The van der Waals surface area contributed by atoms with E-state index in [2.05, 4.69) is 10.3 Å². The van der Waals surface area contributed by atoms with E-state index in [1.165, 1.54) is 38.3 Å². The highest BCUT2D eigenvalue weighted by molar-refractivity contribution is 5.32. The van der Waals surface area contributed by atoms with Crippen LogP contribution in [0.3, 0.4) is 0 Å². The minimum Gasteiger partial charge on any atom is -0.303 e. The zero-order valence-electron chi connectivity index (χ0n) is 14.1. The van der Waals surface area contributed by atoms with Gasteiger partial charge in [0.15, 0.2) is 0 Å². The van der Waals surface area contributed by atoms with Crippen LogP contribution in [0.5, 0.6) is 0 Å². The molecule has 4 rings (SSSR count). The van der Waals surface area contributed by atoms with E-state index >= 15 is 0 Å². The highest BCUT2D eigenvalue weighted by atomic mass is 19.1. The Morgan fingerprint density at radius 2 is 1.67 bits per heavy atom. The summed E-state index contributed by atoms with van der Waals surface area (Å²) in [6.45, 7) is 0.0824. The van der Waals surface area contributed by atoms with Gasteiger partial charge in [-0.1, -0.05) is 29.5 Å². The maximum atomic E-state index is 13.3. The molecule has 0 N–H and O–H groups in total. The summed E-state index contributed by atoms with van der Waals surface area (Å²) in [6.07, 6.45) is 4.65. The van der Waals surface area contributed by atoms with Gasteiger partial charge >= 0.3 is 11.1 Å². The quantitative estimate of drug-likeness (QED) is 0.518. The van der Waals surface area contributed by atoms with Crippen molar-refractivity contribution in [1.29, 1.82) is 0 Å². The van der Waals surface area contributed by atoms with Gasteiger partial charge in [0.25, 0.3) is 0 Å². The summed E-state index contributed by atoms with van der Waals surface area (Å²) in [6, 6.07) is 14.8. The number of hydrogen-bond acceptors (Lipinski definition) is 4. The molecule has 2 aromatic carbocycles. The Hall–Kier alpha value is -3.81. The second-order valence-electron chi connectivity index (χ2n) is 5.88. The second kappa shape index (κ2) is 6.83. The zero-order valence-corrected chi connectivity index (χ0v) is 14.1. The van der Waals surface area contributed by atoms with E-state index < -0.39 is 11.1 Å². The maximum Gasteiger partial charge on any atom is 0.320 e. The predicted molar refractivity (Wildman–Crippen MR) is 96.7 cm³/mol. The van der Waals surface area contributed by atoms with Gasteiger partial charge in [0.1, 0.15) is 11.5 Å². The molecule has 4 aromatic rings. The lowest BCUT2D eigenvalue weighted by atomic mass is 10.3. The topological polar surface area (TPSA) is 74.7 Å². The third-order valence-corrected chi connectivity index (χ3v) is 4.04. The van der Waals surface area contributed by atoms with Crippen LogP contribution in [0.15, 0.2) is 82.8 Å². The van der Waals surface area contributed by atoms with Crippen LogP contribution in [0.1, 0.15) is 5.69 Å². The first-order valence-corrected chi connectivity index (χ1v) is 8.16. The van der Waals surface area contributed by atoms with Crippen LogP contribution in [-0.2, 0) is 6.54 Å². The lowest BCUT2D eigenvalue weighted by Gasteiger charge is -2.07. The summed E-state index contributed by atoms with van der Waals surface area (Å²) in [5.74, 6) is -0.384. The first kappa shape index (κ1) is 16.6. The van der Waals surface area contributed by atoms with E-state index in [1.807, 2.05) is 6.07 Å². The van der Waals surface area contributed by atoms with Crippen molar-refractivity contribution in [3.63, 3.8) is 0 Å². The van der Waals surface area contributed by atoms with Crippen LogP contribution in [0.4, 0.5) is 4.39 Å². The molecule has 0 bridgehead atoms. The van der Waals surface area contributed by atoms with E-state index in [1.54, 1.807) is 42.6 Å². The molecule has 7 nitrogen and oxygen atoms in total. The molecular formula is C19H14FN5O2. The van der Waals surface area contributed by atoms with Gasteiger partial charge in [-0.05, 0) is 30.3 Å². The summed E-state index contributed by atoms with van der Waals surface area (Å²) in [5, 5.41) is 7.93. The molecular weight excluding hydrogens is 349 g/mol. The van der Waals surface area contributed by atoms with Gasteiger partial charge in [-0.25, -0.2) is 9.07 Å². The van der Waals surface area contributed by atoms with Crippen molar-refractivity contribution in [3.05, 3.63) is 105 Å². The molecule has 8 heteroatoms. The van der Waals surface area contributed by atoms with Gasteiger partial charge in [0, 0.05) is 18.1 Å². The zero-order chi connectivity index (χ0) is 18.8. The van der Waals surface area contributed by atoms with Crippen molar-refractivity contribution in [2.45, 2.75) is 6.54 Å². The molecule has 0 unspecified atom stereocenters. The molecule has 134 valence electrons. The molecule has 0 spiro atoms. The molecule has 0 radical (unpaired) electrons. The molecule has 0 fully saturated rings. The van der Waals surface area contributed by atoms with Crippen LogP contribution in [0.25, 0.3) is 11.4 Å². The predicted octanol–water partition coefficient (Wildman–Crippen LogP) is 1.77. The lowest BCUT2D eigenvalue weighted by molar-refractivity contribution is 0.624. The largest absolute Gasteiger partial charge is 0.320 e. The number of halogens is 1. The van der Waals surface area contributed by atoms with Gasteiger partial charge in [-0.3, -0.25) is 14.2 Å². The summed E-state index contributed by atoms with van der Waals surface area (Å²) < 4.78 is 17.3. The Morgan fingerprint density at radius 3 is 2.44 bits per heavy atom. The van der Waals surface area contributed by atoms with Crippen molar-refractivity contribution in [3.8, 4) is 11.4 Å². The average molecular weight is 363 g/mol. The summed E-state index contributed by atoms with van der Waals surface area (Å²) in [4.78, 5) is 24.8. The maximum absolute atomic E-state index is 13.3. The molecule has 0 aliphatic rings. The molecule has 27 heavy (non-hydrogen) atoms. The standard InChI is InChI=1S/C19H14FN5O2/c20-14-5-4-8-17(11-14)25-13-15(21-22-25)12-23-9-10-24(19(27)18(23)26)16-6-2-1-3-7-16/h1-11,13H,12H2. The average Bonchev–Trinajstić information content (AvgIpc) is 3.15. The minimum absolute atomic E-state index is 0.0824. The normalized spacial score (nSPS) is 10.9. The fourth-order valence-electron chi connectivity index (χ4n) is 2.72. The monoisotopic (exact) mass is 363 g/mol. The van der Waals surface area contributed by atoms with E-state index in [9.17, 15) is 14.0 Å². The van der Waals surface area contributed by atoms with Gasteiger partial charge in [-0.15, -0.1) is 5.10 Å². The number of para-hydroxylation sites is 1. The molecule has 0 saturated heterocycles. The molecule has 2 aromatic heterocycles. The van der Waals surface area contributed by atoms with Crippen molar-refractivity contribution < 1.29 is 4.39 Å². The van der Waals surface area contributed by atoms with Crippen molar-refractivity contribution in [2.75, 3.05) is 0 Å². The van der Waals surface area contributed by atoms with E-state index in [-0.39, 0.29) is 12.4 Å². The minimum atomic E-state index is -0.665. The van der Waals surface area contributed by atoms with Gasteiger partial charge in [-0.2, -0.15) is 0 Å². The molecule has 0 atom stereocenters. The second-order valence-corrected chi connectivity index (χ2v) is 5.88. The van der Waals surface area contributed by atoms with Gasteiger partial charge < -0.3 is 4.57 Å². The van der Waals surface area contributed by atoms with Crippen molar-refractivity contribution >= 4 is 0 Å². The van der Waals surface area contributed by atoms with Crippen LogP contribution in [-0.4, -0.2) is 24.1 Å². The Labute approximate surface area is 152 Å². The van der Waals surface area contributed by atoms with Gasteiger partial charge in [0.05, 0.1) is 18.4 Å². The molecule has 0 aliphatic carbocycles. The summed E-state index contributed by atoms with van der Waals surface area (Å²) in [5.41, 5.74) is 0.283. The third-order valence-electron chi connectivity index (χ3n) is 4.04. The molecule has 0 aliphatic heterocycles. The third kappa shape index (κ3) is 3.32. The summed E-state index contributed by atoms with van der Waals surface area (Å²) in [7, 11) is 0. The van der Waals surface area contributed by atoms with Crippen molar-refractivity contribution in [2.24, 2.45) is 0 Å². The number of rotatable bonds is 4. The van der Waals surface area contributed by atoms with Crippen LogP contribution in [0.2, 0.25) is 0 Å². The lowest BCUT2D eigenvalue weighted by Crippen LogP contribution is -2.40. The first-order chi connectivity index (χ1) is 13.1. The number of hydrogen-bond donors (Lipinski definition) is 0. The smallest absolute Gasteiger partial charge is 0.303 e. The Balaban J connectivity index is 1.63. The van der Waals surface area contributed by atoms with Crippen LogP contribution in [0, 0.1) is 5.82 Å². The molecule has 2 heterocycles.